The number of hydrogen-bond donors (Lipinski definition) is 6. The molecular formula is C19H21N4O13P3. The molecule has 2 unspecified atom stereocenters. The number of benzene rings is 1. The standard InChI is InChI=1S/C19H21N4O13P3/c1-19(25)6-14(34-13(19)8-33-38(29,30)36-39(31,32)35-37(26,27)28)23-7-12-10-4-2-3-5-11(10)18(24)22-16-15(12)17(23)21-9-20-16/h2-5,7,9,13-14,25H,6,8H2,1H3,(H,29,30)(H,31,32)(H2,26,27,28)(H,20,21,22,24)/t13-,14-,19+/m1/s1. The van der Waals surface area contributed by atoms with Crippen LogP contribution in [0.1, 0.15) is 29.9 Å². The molecule has 6 N–H and O–H groups in total. The lowest BCUT2D eigenvalue weighted by molar-refractivity contribution is -0.0722. The molecule has 5 atom stereocenters. The molecule has 2 aromatic heterocycles. The van der Waals surface area contributed by atoms with Gasteiger partial charge in [0.1, 0.15) is 30.1 Å². The quantitative estimate of drug-likeness (QED) is 0.201. The third-order valence-electron chi connectivity index (χ3n) is 6.02. The Morgan fingerprint density at radius 3 is 2.46 bits per heavy atom. The molecule has 1 fully saturated rings. The van der Waals surface area contributed by atoms with Crippen LogP contribution in [0, 0.1) is 0 Å². The number of aliphatic hydroxyl groups is 1. The van der Waals surface area contributed by atoms with Crippen LogP contribution in [-0.2, 0) is 31.6 Å². The van der Waals surface area contributed by atoms with Crippen LogP contribution in [0.15, 0.2) is 36.8 Å². The summed E-state index contributed by atoms with van der Waals surface area (Å²) in [5.41, 5.74) is 0.339. The number of hydrogen-bond acceptors (Lipinski definition) is 11. The van der Waals surface area contributed by atoms with Crippen LogP contribution in [0.5, 0.6) is 0 Å². The van der Waals surface area contributed by atoms with Crippen molar-refractivity contribution in [1.82, 2.24) is 14.5 Å². The van der Waals surface area contributed by atoms with Crippen LogP contribution in [0.3, 0.4) is 0 Å². The van der Waals surface area contributed by atoms with E-state index < -0.39 is 48.0 Å². The van der Waals surface area contributed by atoms with Crippen molar-refractivity contribution in [1.29, 1.82) is 0 Å². The van der Waals surface area contributed by atoms with Crippen LogP contribution >= 0.6 is 23.5 Å². The van der Waals surface area contributed by atoms with E-state index in [-0.39, 0.29) is 18.1 Å². The Kier molecular flexibility index (Phi) is 6.96. The molecule has 5 rings (SSSR count). The molecule has 0 radical (unpaired) electrons. The molecule has 20 heteroatoms. The molecule has 1 amide bonds. The highest BCUT2D eigenvalue weighted by molar-refractivity contribution is 7.66. The number of carbonyl (C=O) groups is 1. The Bertz CT molecular complexity index is 1620. The number of phosphoric ester groups is 1. The van der Waals surface area contributed by atoms with Gasteiger partial charge < -0.3 is 39.3 Å². The molecule has 39 heavy (non-hydrogen) atoms. The van der Waals surface area contributed by atoms with E-state index in [0.717, 1.165) is 0 Å². The van der Waals surface area contributed by atoms with Gasteiger partial charge in [-0.3, -0.25) is 9.32 Å². The number of anilines is 1. The van der Waals surface area contributed by atoms with Gasteiger partial charge in [0.05, 0.1) is 17.6 Å². The maximum Gasteiger partial charge on any atom is 0.490 e. The van der Waals surface area contributed by atoms with Crippen molar-refractivity contribution in [2.45, 2.75) is 31.3 Å². The SMILES string of the molecule is C[C@]1(O)C[C@H](n2cc3c4c(ncnc42)NC(=O)c2ccccc2-3)O[C@@H]1COP(=O)(O)OP(=O)(O)OP(=O)(O)O. The number of rotatable bonds is 8. The number of amides is 1. The second kappa shape index (κ2) is 9.63. The Labute approximate surface area is 218 Å². The van der Waals surface area contributed by atoms with Gasteiger partial charge in [-0.2, -0.15) is 8.62 Å². The zero-order chi connectivity index (χ0) is 28.4. The highest BCUT2D eigenvalue weighted by Gasteiger charge is 2.48. The summed E-state index contributed by atoms with van der Waals surface area (Å²) < 4.78 is 54.0. The predicted octanol–water partition coefficient (Wildman–Crippen LogP) is 2.05. The van der Waals surface area contributed by atoms with Crippen molar-refractivity contribution in [3.05, 3.63) is 42.4 Å². The first-order chi connectivity index (χ1) is 18.1. The molecule has 0 saturated carbocycles. The molecule has 4 heterocycles. The van der Waals surface area contributed by atoms with Gasteiger partial charge in [-0.1, -0.05) is 18.2 Å². The average molecular weight is 606 g/mol. The summed E-state index contributed by atoms with van der Waals surface area (Å²) in [4.78, 5) is 57.6. The number of nitrogens with zero attached hydrogens (tertiary/aromatic N) is 3. The first-order valence-electron chi connectivity index (χ1n) is 11.0. The second-order valence-electron chi connectivity index (χ2n) is 8.90. The summed E-state index contributed by atoms with van der Waals surface area (Å²) in [5, 5.41) is 14.2. The molecule has 3 aromatic rings. The predicted molar refractivity (Wildman–Crippen MR) is 130 cm³/mol. The maximum absolute atomic E-state index is 12.7. The second-order valence-corrected chi connectivity index (χ2v) is 13.3. The molecule has 210 valence electrons. The lowest BCUT2D eigenvalue weighted by Crippen LogP contribution is -2.37. The highest BCUT2D eigenvalue weighted by Crippen LogP contribution is 2.66. The topological polar surface area (TPSA) is 249 Å². The van der Waals surface area contributed by atoms with Crippen molar-refractivity contribution in [2.75, 3.05) is 11.9 Å². The first-order valence-corrected chi connectivity index (χ1v) is 15.5. The monoisotopic (exact) mass is 606 g/mol. The third-order valence-corrected chi connectivity index (χ3v) is 9.82. The van der Waals surface area contributed by atoms with Crippen molar-refractivity contribution in [2.24, 2.45) is 0 Å². The van der Waals surface area contributed by atoms with Crippen molar-refractivity contribution >= 4 is 46.2 Å². The molecule has 0 bridgehead atoms. The number of carbonyl (C=O) groups excluding carboxylic acids is 1. The zero-order valence-corrected chi connectivity index (χ0v) is 22.4. The fraction of sp³-hybridized carbons (Fsp3) is 0.316. The first kappa shape index (κ1) is 28.2. The molecule has 1 saturated heterocycles. The van der Waals surface area contributed by atoms with Gasteiger partial charge in [-0.15, -0.1) is 0 Å². The van der Waals surface area contributed by atoms with E-state index in [0.29, 0.717) is 27.7 Å². The number of fused-ring (bicyclic) bond motifs is 2. The van der Waals surface area contributed by atoms with Crippen molar-refractivity contribution < 1.29 is 61.1 Å². The molecule has 2 aliphatic heterocycles. The van der Waals surface area contributed by atoms with E-state index in [1.165, 1.54) is 13.3 Å². The lowest BCUT2D eigenvalue weighted by atomic mass is 9.98. The molecule has 17 nitrogen and oxygen atoms in total. The minimum Gasteiger partial charge on any atom is -0.387 e. The van der Waals surface area contributed by atoms with Gasteiger partial charge in [0.2, 0.25) is 0 Å². The molecular weight excluding hydrogens is 585 g/mol. The number of ether oxygens (including phenoxy) is 1. The lowest BCUT2D eigenvalue weighted by Gasteiger charge is -2.24. The summed E-state index contributed by atoms with van der Waals surface area (Å²) >= 11 is 0. The van der Waals surface area contributed by atoms with Crippen LogP contribution < -0.4 is 5.32 Å². The number of phosphoric acid groups is 3. The Balaban J connectivity index is 1.40. The van der Waals surface area contributed by atoms with Crippen LogP contribution in [-0.4, -0.2) is 63.4 Å². The highest BCUT2D eigenvalue weighted by atomic mass is 31.3. The van der Waals surface area contributed by atoms with Gasteiger partial charge in [0.25, 0.3) is 5.91 Å². The Morgan fingerprint density at radius 2 is 1.77 bits per heavy atom. The van der Waals surface area contributed by atoms with Crippen molar-refractivity contribution in [3.63, 3.8) is 0 Å². The summed E-state index contributed by atoms with van der Waals surface area (Å²) in [5.74, 6) is -0.0798. The fourth-order valence-electron chi connectivity index (χ4n) is 4.41. The molecule has 0 aliphatic carbocycles. The van der Waals surface area contributed by atoms with Gasteiger partial charge in [-0.25, -0.2) is 23.7 Å². The Hall–Kier alpha value is -2.36. The van der Waals surface area contributed by atoms with Gasteiger partial charge >= 0.3 is 23.5 Å². The number of aromatic nitrogens is 3. The summed E-state index contributed by atoms with van der Waals surface area (Å²) in [6.07, 6.45) is 0.681. The van der Waals surface area contributed by atoms with E-state index in [1.54, 1.807) is 35.0 Å². The van der Waals surface area contributed by atoms with E-state index in [9.17, 15) is 33.4 Å². The number of nitrogens with one attached hydrogen (secondary N) is 1. The smallest absolute Gasteiger partial charge is 0.387 e. The zero-order valence-electron chi connectivity index (χ0n) is 19.7. The van der Waals surface area contributed by atoms with Crippen LogP contribution in [0.4, 0.5) is 5.82 Å². The van der Waals surface area contributed by atoms with Gasteiger partial charge in [0.15, 0.2) is 0 Å². The van der Waals surface area contributed by atoms with Gasteiger partial charge in [0, 0.05) is 23.7 Å². The summed E-state index contributed by atoms with van der Waals surface area (Å²) in [7, 11) is -16.7. The molecule has 0 spiro atoms. The normalized spacial score (nSPS) is 25.9. The third kappa shape index (κ3) is 5.77. The van der Waals surface area contributed by atoms with Crippen LogP contribution in [0.2, 0.25) is 0 Å². The Morgan fingerprint density at radius 1 is 1.08 bits per heavy atom. The molecule has 2 aliphatic rings. The summed E-state index contributed by atoms with van der Waals surface area (Å²) in [6, 6.07) is 6.89. The average Bonchev–Trinajstić information content (AvgIpc) is 3.29. The minimum atomic E-state index is -5.70. The maximum atomic E-state index is 12.7. The van der Waals surface area contributed by atoms with Crippen molar-refractivity contribution in [3.8, 4) is 11.1 Å². The van der Waals surface area contributed by atoms with E-state index >= 15 is 0 Å². The van der Waals surface area contributed by atoms with Crippen LogP contribution in [0.25, 0.3) is 22.2 Å². The largest absolute Gasteiger partial charge is 0.490 e. The summed E-state index contributed by atoms with van der Waals surface area (Å²) in [6.45, 7) is 0.530. The van der Waals surface area contributed by atoms with E-state index in [2.05, 4.69) is 28.4 Å². The van der Waals surface area contributed by atoms with E-state index in [4.69, 9.17) is 14.5 Å². The van der Waals surface area contributed by atoms with Gasteiger partial charge in [-0.05, 0) is 18.6 Å². The minimum absolute atomic E-state index is 0.0615. The fourth-order valence-corrected chi connectivity index (χ4v) is 7.43. The van der Waals surface area contributed by atoms with E-state index in [1.807, 2.05) is 0 Å². The molecule has 1 aromatic carbocycles.